The van der Waals surface area contributed by atoms with Crippen LogP contribution in [0.4, 0.5) is 13.6 Å². The van der Waals surface area contributed by atoms with Crippen molar-refractivity contribution in [3.05, 3.63) is 35.4 Å². The van der Waals surface area contributed by atoms with Crippen molar-refractivity contribution in [3.8, 4) is 0 Å². The maximum absolute atomic E-state index is 14.0. The van der Waals surface area contributed by atoms with Gasteiger partial charge in [0, 0.05) is 24.1 Å². The van der Waals surface area contributed by atoms with Crippen molar-refractivity contribution in [1.82, 2.24) is 4.90 Å². The van der Waals surface area contributed by atoms with Crippen LogP contribution >= 0.6 is 0 Å². The normalized spacial score (nSPS) is 19.5. The summed E-state index contributed by atoms with van der Waals surface area (Å²) in [6, 6.07) is 2.94. The van der Waals surface area contributed by atoms with Crippen molar-refractivity contribution in [1.29, 1.82) is 0 Å². The Kier molecular flexibility index (Phi) is 7.27. The number of hydrogen-bond donors (Lipinski definition) is 0. The van der Waals surface area contributed by atoms with Crippen molar-refractivity contribution in [2.75, 3.05) is 20.3 Å². The summed E-state index contributed by atoms with van der Waals surface area (Å²) < 4.78 is 37.6. The number of piperidine rings is 1. The molecule has 1 amide bonds. The van der Waals surface area contributed by atoms with Crippen LogP contribution in [0.2, 0.25) is 0 Å². The predicted octanol–water partition coefficient (Wildman–Crippen LogP) is 2.88. The highest BCUT2D eigenvalue weighted by atomic mass is 19.1. The van der Waals surface area contributed by atoms with E-state index in [9.17, 15) is 23.2 Å². The zero-order chi connectivity index (χ0) is 20.0. The monoisotopic (exact) mass is 383 g/mol. The molecule has 1 aromatic carbocycles. The summed E-state index contributed by atoms with van der Waals surface area (Å²) in [5.41, 5.74) is -0.144. The molecular formula is C19H23F2NO5. The molecule has 1 aromatic rings. The van der Waals surface area contributed by atoms with Crippen LogP contribution in [0.3, 0.4) is 0 Å². The van der Waals surface area contributed by atoms with Crippen molar-refractivity contribution >= 4 is 17.8 Å². The number of benzene rings is 1. The van der Waals surface area contributed by atoms with Gasteiger partial charge < -0.3 is 14.4 Å². The highest BCUT2D eigenvalue weighted by Gasteiger charge is 2.36. The molecule has 1 heterocycles. The number of nitrogens with zero attached hydrogens (tertiary/aromatic N) is 1. The lowest BCUT2D eigenvalue weighted by atomic mass is 9.84. The van der Waals surface area contributed by atoms with Gasteiger partial charge in [-0.3, -0.25) is 9.59 Å². The number of likely N-dealkylation sites (tertiary alicyclic amines) is 1. The van der Waals surface area contributed by atoms with Gasteiger partial charge in [0.15, 0.2) is 0 Å². The number of Topliss-reactive ketones (excluding diaryl/α,β-unsaturated/α-hetero) is 1. The van der Waals surface area contributed by atoms with E-state index in [1.54, 1.807) is 6.92 Å². The number of rotatable bonds is 6. The van der Waals surface area contributed by atoms with Crippen LogP contribution < -0.4 is 0 Å². The average molecular weight is 383 g/mol. The lowest BCUT2D eigenvalue weighted by Crippen LogP contribution is -2.48. The van der Waals surface area contributed by atoms with E-state index in [-0.39, 0.29) is 43.8 Å². The summed E-state index contributed by atoms with van der Waals surface area (Å²) in [6.45, 7) is 2.03. The van der Waals surface area contributed by atoms with Gasteiger partial charge in [-0.25, -0.2) is 13.6 Å². The maximum atomic E-state index is 14.0. The second-order valence-corrected chi connectivity index (χ2v) is 6.39. The minimum atomic E-state index is -0.709. The summed E-state index contributed by atoms with van der Waals surface area (Å²) in [6.07, 6.45) is -0.507. The van der Waals surface area contributed by atoms with E-state index >= 15 is 0 Å². The molecule has 0 bridgehead atoms. The number of carbonyl (C=O) groups excluding carboxylic acids is 3. The zero-order valence-corrected chi connectivity index (χ0v) is 15.4. The van der Waals surface area contributed by atoms with E-state index in [1.807, 2.05) is 0 Å². The Morgan fingerprint density at radius 1 is 1.22 bits per heavy atom. The molecular weight excluding hydrogens is 360 g/mol. The molecule has 148 valence electrons. The smallest absolute Gasteiger partial charge is 0.409 e. The second-order valence-electron chi connectivity index (χ2n) is 6.39. The van der Waals surface area contributed by atoms with Crippen molar-refractivity contribution in [2.24, 2.45) is 5.92 Å². The van der Waals surface area contributed by atoms with Crippen LogP contribution in [0.15, 0.2) is 18.2 Å². The number of carbonyl (C=O) groups is 3. The molecule has 1 fully saturated rings. The number of esters is 1. The third-order valence-corrected chi connectivity index (χ3v) is 4.71. The van der Waals surface area contributed by atoms with E-state index in [0.29, 0.717) is 6.42 Å². The van der Waals surface area contributed by atoms with Gasteiger partial charge in [-0.15, -0.1) is 0 Å². The predicted molar refractivity (Wildman–Crippen MR) is 91.9 cm³/mol. The Hall–Kier alpha value is -2.51. The Labute approximate surface area is 156 Å². The molecule has 8 heteroatoms. The Bertz CT molecular complexity index is 689. The lowest BCUT2D eigenvalue weighted by molar-refractivity contribution is -0.146. The van der Waals surface area contributed by atoms with E-state index < -0.39 is 35.7 Å². The quantitative estimate of drug-likeness (QED) is 0.558. The first-order valence-electron chi connectivity index (χ1n) is 8.83. The summed E-state index contributed by atoms with van der Waals surface area (Å²) in [4.78, 5) is 37.3. The third kappa shape index (κ3) is 5.24. The lowest BCUT2D eigenvalue weighted by Gasteiger charge is -2.38. The molecule has 1 aliphatic heterocycles. The Morgan fingerprint density at radius 3 is 2.48 bits per heavy atom. The molecule has 0 spiro atoms. The maximum Gasteiger partial charge on any atom is 0.409 e. The van der Waals surface area contributed by atoms with Gasteiger partial charge in [0.1, 0.15) is 23.8 Å². The first-order chi connectivity index (χ1) is 12.9. The molecule has 2 atom stereocenters. The van der Waals surface area contributed by atoms with E-state index in [0.717, 1.165) is 12.1 Å². The first-order valence-corrected chi connectivity index (χ1v) is 8.83. The van der Waals surface area contributed by atoms with Crippen molar-refractivity contribution in [2.45, 2.75) is 38.6 Å². The van der Waals surface area contributed by atoms with Gasteiger partial charge >= 0.3 is 12.1 Å². The average Bonchev–Trinajstić information content (AvgIpc) is 2.64. The number of ketones is 1. The van der Waals surface area contributed by atoms with Crippen LogP contribution in [-0.4, -0.2) is 49.0 Å². The minimum Gasteiger partial charge on any atom is -0.466 e. The minimum absolute atomic E-state index is 0.0865. The van der Waals surface area contributed by atoms with Crippen LogP contribution in [0.25, 0.3) is 0 Å². The van der Waals surface area contributed by atoms with E-state index in [4.69, 9.17) is 9.47 Å². The summed E-state index contributed by atoms with van der Waals surface area (Å²) in [5, 5.41) is 0. The molecule has 0 aromatic heterocycles. The third-order valence-electron chi connectivity index (χ3n) is 4.71. The van der Waals surface area contributed by atoms with E-state index in [2.05, 4.69) is 0 Å². The van der Waals surface area contributed by atoms with Gasteiger partial charge in [0.05, 0.1) is 13.7 Å². The fourth-order valence-electron chi connectivity index (χ4n) is 3.36. The van der Waals surface area contributed by atoms with Crippen LogP contribution in [0, 0.1) is 17.6 Å². The van der Waals surface area contributed by atoms with Crippen LogP contribution in [0.5, 0.6) is 0 Å². The molecule has 0 saturated carbocycles. The van der Waals surface area contributed by atoms with E-state index in [1.165, 1.54) is 18.1 Å². The Morgan fingerprint density at radius 2 is 1.89 bits per heavy atom. The van der Waals surface area contributed by atoms with Gasteiger partial charge in [0.2, 0.25) is 0 Å². The molecule has 2 rings (SSSR count). The molecule has 0 aliphatic carbocycles. The topological polar surface area (TPSA) is 72.9 Å². The Balaban J connectivity index is 2.16. The molecule has 0 radical (unpaired) electrons. The molecule has 1 aliphatic rings. The number of methoxy groups -OCH3 is 1. The van der Waals surface area contributed by atoms with Crippen LogP contribution in [-0.2, 0) is 25.5 Å². The number of hydrogen-bond acceptors (Lipinski definition) is 5. The molecule has 6 nitrogen and oxygen atoms in total. The number of halogens is 2. The fraction of sp³-hybridized carbons (Fsp3) is 0.526. The molecule has 0 unspecified atom stereocenters. The second kappa shape index (κ2) is 9.43. The van der Waals surface area contributed by atoms with Gasteiger partial charge in [-0.05, 0) is 38.3 Å². The van der Waals surface area contributed by atoms with Gasteiger partial charge in [0.25, 0.3) is 0 Å². The fourth-order valence-corrected chi connectivity index (χ4v) is 3.36. The standard InChI is InChI=1S/C19H23F2NO5/c1-3-27-18(24)11-17(23)12-7-8-22(19(25)26-2)13(9-12)10-14-15(20)5-4-6-16(14)21/h4-6,12-13H,3,7-11H2,1-2H3/t12-,13-/m0/s1. The molecule has 27 heavy (non-hydrogen) atoms. The molecule has 0 N–H and O–H groups in total. The SMILES string of the molecule is CCOC(=O)CC(=O)[C@H]1CCN(C(=O)OC)[C@H](Cc2c(F)cccc2F)C1. The highest BCUT2D eigenvalue weighted by molar-refractivity contribution is 5.96. The molecule has 1 saturated heterocycles. The number of ether oxygens (including phenoxy) is 2. The summed E-state index contributed by atoms with van der Waals surface area (Å²) >= 11 is 0. The highest BCUT2D eigenvalue weighted by Crippen LogP contribution is 2.29. The summed E-state index contributed by atoms with van der Waals surface area (Å²) in [7, 11) is 1.22. The van der Waals surface area contributed by atoms with Crippen molar-refractivity contribution in [3.63, 3.8) is 0 Å². The summed E-state index contributed by atoms with van der Waals surface area (Å²) in [5.74, 6) is -2.80. The van der Waals surface area contributed by atoms with Crippen LogP contribution in [0.1, 0.15) is 31.7 Å². The largest absolute Gasteiger partial charge is 0.466 e. The van der Waals surface area contributed by atoms with Gasteiger partial charge in [-0.1, -0.05) is 6.07 Å². The first kappa shape index (κ1) is 20.8. The van der Waals surface area contributed by atoms with Gasteiger partial charge in [-0.2, -0.15) is 0 Å². The number of amides is 1. The zero-order valence-electron chi connectivity index (χ0n) is 15.4. The van der Waals surface area contributed by atoms with Crippen molar-refractivity contribution < 1.29 is 32.6 Å².